The molecule has 2 bridgehead atoms. The third-order valence-corrected chi connectivity index (χ3v) is 7.05. The molecule has 172 valence electrons. The molecule has 1 N–H and O–H groups in total. The van der Waals surface area contributed by atoms with Crippen molar-refractivity contribution in [2.45, 2.75) is 70.6 Å². The van der Waals surface area contributed by atoms with Crippen LogP contribution in [0.1, 0.15) is 58.1 Å². The molecule has 1 aromatic carbocycles. The van der Waals surface area contributed by atoms with Crippen LogP contribution in [-0.4, -0.2) is 51.4 Å². The highest BCUT2D eigenvalue weighted by Crippen LogP contribution is 2.44. The fourth-order valence-electron chi connectivity index (χ4n) is 5.56. The van der Waals surface area contributed by atoms with E-state index in [0.29, 0.717) is 35.6 Å². The van der Waals surface area contributed by atoms with Gasteiger partial charge in [0.05, 0.1) is 16.6 Å². The van der Waals surface area contributed by atoms with E-state index in [1.165, 1.54) is 25.3 Å². The summed E-state index contributed by atoms with van der Waals surface area (Å²) in [6.45, 7) is 6.40. The predicted molar refractivity (Wildman–Crippen MR) is 118 cm³/mol. The molecule has 3 unspecified atom stereocenters. The van der Waals surface area contributed by atoms with Crippen LogP contribution < -0.4 is 5.32 Å². The van der Waals surface area contributed by atoms with Gasteiger partial charge in [0, 0.05) is 25.0 Å². The van der Waals surface area contributed by atoms with Crippen molar-refractivity contribution < 1.29 is 18.7 Å². The summed E-state index contributed by atoms with van der Waals surface area (Å²) < 4.78 is 21.8. The van der Waals surface area contributed by atoms with Crippen molar-refractivity contribution >= 4 is 22.9 Å². The van der Waals surface area contributed by atoms with Gasteiger partial charge >= 0.3 is 6.09 Å². The molecule has 32 heavy (non-hydrogen) atoms. The Morgan fingerprint density at radius 1 is 1.22 bits per heavy atom. The Morgan fingerprint density at radius 2 is 2.00 bits per heavy atom. The Balaban J connectivity index is 1.30. The van der Waals surface area contributed by atoms with Gasteiger partial charge in [-0.1, -0.05) is 12.5 Å². The lowest BCUT2D eigenvalue weighted by Crippen LogP contribution is -2.50. The minimum absolute atomic E-state index is 0.0658. The van der Waals surface area contributed by atoms with Gasteiger partial charge in [-0.3, -0.25) is 9.48 Å². The number of aromatic nitrogens is 2. The van der Waals surface area contributed by atoms with Crippen molar-refractivity contribution in [1.29, 1.82) is 0 Å². The third-order valence-electron chi connectivity index (χ3n) is 7.05. The average molecular weight is 443 g/mol. The summed E-state index contributed by atoms with van der Waals surface area (Å²) in [5.74, 6) is 0.833. The molecule has 5 rings (SSSR count). The first-order valence-corrected chi connectivity index (χ1v) is 11.6. The molecule has 2 amide bonds. The number of hydrogen-bond donors (Lipinski definition) is 1. The Labute approximate surface area is 187 Å². The lowest BCUT2D eigenvalue weighted by molar-refractivity contribution is -0.122. The number of halogens is 1. The minimum Gasteiger partial charge on any atom is -0.444 e. The van der Waals surface area contributed by atoms with E-state index < -0.39 is 5.60 Å². The predicted octanol–water partition coefficient (Wildman–Crippen LogP) is 3.81. The fourth-order valence-corrected chi connectivity index (χ4v) is 5.56. The van der Waals surface area contributed by atoms with Crippen LogP contribution in [0.2, 0.25) is 0 Å². The van der Waals surface area contributed by atoms with Crippen molar-refractivity contribution in [3.8, 4) is 0 Å². The summed E-state index contributed by atoms with van der Waals surface area (Å²) in [6.07, 6.45) is 4.40. The number of nitrogens with one attached hydrogen (secondary N) is 1. The zero-order chi connectivity index (χ0) is 22.6. The van der Waals surface area contributed by atoms with Gasteiger partial charge in [0.15, 0.2) is 0 Å². The fraction of sp³-hybridized carbons (Fsp3) is 0.625. The van der Waals surface area contributed by atoms with E-state index in [1.807, 2.05) is 20.8 Å². The van der Waals surface area contributed by atoms with E-state index in [-0.39, 0.29) is 36.3 Å². The van der Waals surface area contributed by atoms with Crippen LogP contribution in [-0.2, 0) is 16.1 Å². The summed E-state index contributed by atoms with van der Waals surface area (Å²) in [5, 5.41) is 8.26. The van der Waals surface area contributed by atoms with Crippen molar-refractivity contribution in [2.24, 2.45) is 11.8 Å². The SMILES string of the molecule is CC(C)(C)OC(=O)N1CC(c2nn(CC(=O)NC3CC4CCC3C4)c3cccc(F)c23)C1. The Kier molecular flexibility index (Phi) is 5.13. The lowest BCUT2D eigenvalue weighted by atomic mass is 9.94. The zero-order valence-electron chi connectivity index (χ0n) is 18.9. The van der Waals surface area contributed by atoms with Gasteiger partial charge in [-0.05, 0) is 64.0 Å². The van der Waals surface area contributed by atoms with Gasteiger partial charge in [0.1, 0.15) is 18.0 Å². The van der Waals surface area contributed by atoms with Crippen LogP contribution in [0, 0.1) is 17.7 Å². The molecule has 3 fully saturated rings. The van der Waals surface area contributed by atoms with Crippen LogP contribution in [0.5, 0.6) is 0 Å². The number of carbonyl (C=O) groups is 2. The first-order chi connectivity index (χ1) is 15.2. The van der Waals surface area contributed by atoms with Crippen LogP contribution in [0.3, 0.4) is 0 Å². The number of amides is 2. The van der Waals surface area contributed by atoms with Gasteiger partial charge in [0.2, 0.25) is 5.91 Å². The van der Waals surface area contributed by atoms with Gasteiger partial charge in [0.25, 0.3) is 0 Å². The van der Waals surface area contributed by atoms with Crippen LogP contribution >= 0.6 is 0 Å². The van der Waals surface area contributed by atoms with Crippen molar-refractivity contribution in [3.63, 3.8) is 0 Å². The largest absolute Gasteiger partial charge is 0.444 e. The molecule has 1 aromatic heterocycles. The monoisotopic (exact) mass is 442 g/mol. The van der Waals surface area contributed by atoms with E-state index in [9.17, 15) is 14.0 Å². The lowest BCUT2D eigenvalue weighted by Gasteiger charge is -2.39. The molecule has 3 atom stereocenters. The molecule has 2 saturated carbocycles. The molecule has 1 saturated heterocycles. The van der Waals surface area contributed by atoms with E-state index >= 15 is 0 Å². The molecule has 8 heteroatoms. The second-order valence-corrected chi connectivity index (χ2v) is 10.6. The molecule has 0 spiro atoms. The van der Waals surface area contributed by atoms with Gasteiger partial charge in [-0.15, -0.1) is 0 Å². The number of ether oxygens (including phenoxy) is 1. The molecule has 0 radical (unpaired) electrons. The number of hydrogen-bond acceptors (Lipinski definition) is 4. The normalized spacial score (nSPS) is 25.2. The van der Waals surface area contributed by atoms with Crippen molar-refractivity contribution in [1.82, 2.24) is 20.0 Å². The van der Waals surface area contributed by atoms with E-state index in [1.54, 1.807) is 21.7 Å². The average Bonchev–Trinajstić information content (AvgIpc) is 3.35. The molecular weight excluding hydrogens is 411 g/mol. The van der Waals surface area contributed by atoms with Gasteiger partial charge in [-0.25, -0.2) is 9.18 Å². The molecule has 7 nitrogen and oxygen atoms in total. The summed E-state index contributed by atoms with van der Waals surface area (Å²) >= 11 is 0. The van der Waals surface area contributed by atoms with E-state index in [2.05, 4.69) is 10.4 Å². The first-order valence-electron chi connectivity index (χ1n) is 11.6. The highest BCUT2D eigenvalue weighted by molar-refractivity contribution is 5.86. The molecule has 2 aliphatic carbocycles. The second kappa shape index (κ2) is 7.74. The Bertz CT molecular complexity index is 1050. The van der Waals surface area contributed by atoms with Crippen molar-refractivity contribution in [3.05, 3.63) is 29.7 Å². The summed E-state index contributed by atoms with van der Waals surface area (Å²) in [4.78, 5) is 26.6. The maximum atomic E-state index is 14.8. The van der Waals surface area contributed by atoms with E-state index in [4.69, 9.17) is 4.74 Å². The Morgan fingerprint density at radius 3 is 2.66 bits per heavy atom. The highest BCUT2D eigenvalue weighted by atomic mass is 19.1. The van der Waals surface area contributed by atoms with Crippen LogP contribution in [0.15, 0.2) is 18.2 Å². The zero-order valence-corrected chi connectivity index (χ0v) is 18.9. The number of likely N-dealkylation sites (tertiary alicyclic amines) is 1. The molecule has 2 heterocycles. The molecular formula is C24H31FN4O3. The third kappa shape index (κ3) is 3.95. The number of carbonyl (C=O) groups excluding carboxylic acids is 2. The van der Waals surface area contributed by atoms with Crippen LogP contribution in [0.4, 0.5) is 9.18 Å². The maximum absolute atomic E-state index is 14.8. The highest BCUT2D eigenvalue weighted by Gasteiger charge is 2.40. The molecule has 2 aromatic rings. The first kappa shape index (κ1) is 21.2. The Hall–Kier alpha value is -2.64. The minimum atomic E-state index is -0.561. The molecule has 1 aliphatic heterocycles. The standard InChI is InChI=1S/C24H31FN4O3/c1-24(2,3)32-23(31)28-11-16(12-28)22-21-17(25)5-4-6-19(21)29(27-22)13-20(30)26-18-10-14-7-8-15(18)9-14/h4-6,14-16,18H,7-13H2,1-3H3,(H,26,30). The topological polar surface area (TPSA) is 76.5 Å². The van der Waals surface area contributed by atoms with Crippen molar-refractivity contribution in [2.75, 3.05) is 13.1 Å². The summed E-state index contributed by atoms with van der Waals surface area (Å²) in [6, 6.07) is 5.11. The number of rotatable bonds is 4. The second-order valence-electron chi connectivity index (χ2n) is 10.6. The smallest absolute Gasteiger partial charge is 0.410 e. The van der Waals surface area contributed by atoms with E-state index in [0.717, 1.165) is 12.3 Å². The number of benzene rings is 1. The maximum Gasteiger partial charge on any atom is 0.410 e. The number of nitrogens with zero attached hydrogens (tertiary/aromatic N) is 3. The summed E-state index contributed by atoms with van der Waals surface area (Å²) in [5.41, 5.74) is 0.652. The summed E-state index contributed by atoms with van der Waals surface area (Å²) in [7, 11) is 0. The number of fused-ring (bicyclic) bond motifs is 3. The quantitative estimate of drug-likeness (QED) is 0.781. The van der Waals surface area contributed by atoms with Crippen LogP contribution in [0.25, 0.3) is 10.9 Å². The van der Waals surface area contributed by atoms with Gasteiger partial charge in [-0.2, -0.15) is 5.10 Å². The molecule has 3 aliphatic rings. The van der Waals surface area contributed by atoms with Gasteiger partial charge < -0.3 is 15.0 Å².